The fourth-order valence-corrected chi connectivity index (χ4v) is 14.6. The highest BCUT2D eigenvalue weighted by molar-refractivity contribution is 8.77. The van der Waals surface area contributed by atoms with Crippen LogP contribution in [0.3, 0.4) is 0 Å². The predicted molar refractivity (Wildman–Crippen MR) is 236 cm³/mol. The van der Waals surface area contributed by atoms with Crippen molar-refractivity contribution in [3.05, 3.63) is 98.2 Å². The molecule has 2 bridgehead atoms. The number of fused-ring (bicyclic) bond motifs is 7. The summed E-state index contributed by atoms with van der Waals surface area (Å²) in [5.41, 5.74) is 7.32. The summed E-state index contributed by atoms with van der Waals surface area (Å²) in [6, 6.07) is 5.03. The van der Waals surface area contributed by atoms with Gasteiger partial charge in [0.15, 0.2) is 17.0 Å². The molecule has 3 aliphatic carbocycles. The number of carbonyl (C=O) groups excluding carboxylic acids is 3. The van der Waals surface area contributed by atoms with Crippen molar-refractivity contribution in [2.75, 3.05) is 39.2 Å². The van der Waals surface area contributed by atoms with Crippen LogP contribution in [0.25, 0.3) is 11.0 Å². The van der Waals surface area contributed by atoms with Crippen LogP contribution >= 0.6 is 21.6 Å². The van der Waals surface area contributed by atoms with Gasteiger partial charge in [0.25, 0.3) is 0 Å². The standard InChI is InChI=1S/C46H54N4O10S2/c1-4-23(9-11-52)44(57)60-45(2)29(21-53)14-28-22-61-62-36-16-31-33(54)8-7-32-39(41(31)48-3)42(36)50(32)38(55)15-27-20-49-37(47)17-30(27)40(28)46(45)19-26-13-25-12-24(6-5-10-51)43(56)58-34(25)18-35(26)59-46/h4,7-8,12-14,17-18,29,31-32,36,39-42,48-49,51-53H,5-6,9-11,15-16,19-22,47H2,1-3H3. The summed E-state index contributed by atoms with van der Waals surface area (Å²) >= 11 is 0. The maximum atomic E-state index is 14.9. The molecule has 14 nitrogen and oxygen atoms in total. The molecule has 1 amide bonds. The van der Waals surface area contributed by atoms with E-state index in [1.165, 1.54) is 0 Å². The number of benzene rings is 1. The minimum Gasteiger partial charge on any atom is -0.481 e. The topological polar surface area (TPSA) is 214 Å². The SMILES string of the molecule is CC=C(CCO)C(=O)OC1(C)C(CO)C=C2CSSC3CC4C(=O)C=CC5C(C4NC)C3N5C(=O)CC3=C(C=C(N)NC3)C2C12Cc1cc3cc(CCCO)c(=O)oc3cc1O2. The van der Waals surface area contributed by atoms with E-state index in [4.69, 9.17) is 19.6 Å². The molecule has 0 radical (unpaired) electrons. The van der Waals surface area contributed by atoms with E-state index < -0.39 is 41.2 Å². The molecule has 2 fully saturated rings. The van der Waals surface area contributed by atoms with E-state index in [-0.39, 0.29) is 91.5 Å². The molecule has 330 valence electrons. The number of aryl methyl sites for hydroxylation is 1. The Morgan fingerprint density at radius 1 is 1.18 bits per heavy atom. The Labute approximate surface area is 367 Å². The lowest BCUT2D eigenvalue weighted by atomic mass is 9.57. The third-order valence-corrected chi connectivity index (χ3v) is 17.3. The number of allylic oxidation sites excluding steroid dienone is 3. The number of rotatable bonds is 9. The second-order valence-corrected chi connectivity index (χ2v) is 20.3. The number of nitrogens with one attached hydrogen (secondary N) is 2. The Balaban J connectivity index is 1.23. The Hall–Kier alpha value is -4.32. The molecule has 16 heteroatoms. The number of hydrogen-bond acceptors (Lipinski definition) is 15. The molecule has 1 saturated carbocycles. The summed E-state index contributed by atoms with van der Waals surface area (Å²) in [6.45, 7) is 3.02. The van der Waals surface area contributed by atoms with Gasteiger partial charge in [0.2, 0.25) is 5.91 Å². The van der Waals surface area contributed by atoms with Crippen LogP contribution in [0.5, 0.6) is 5.75 Å². The lowest BCUT2D eigenvalue weighted by molar-refractivity contribution is -0.202. The number of carbonyl (C=O) groups is 3. The number of amides is 1. The molecule has 2 aromatic rings. The van der Waals surface area contributed by atoms with Gasteiger partial charge in [0, 0.05) is 90.0 Å². The van der Waals surface area contributed by atoms with Crippen molar-refractivity contribution in [1.29, 1.82) is 0 Å². The number of aliphatic hydroxyl groups is 3. The Morgan fingerprint density at radius 2 is 2.00 bits per heavy atom. The van der Waals surface area contributed by atoms with Gasteiger partial charge >= 0.3 is 11.6 Å². The quantitative estimate of drug-likeness (QED) is 0.0703. The van der Waals surface area contributed by atoms with Gasteiger partial charge in [-0.05, 0) is 81.2 Å². The van der Waals surface area contributed by atoms with Gasteiger partial charge in [-0.1, -0.05) is 45.4 Å². The van der Waals surface area contributed by atoms with Gasteiger partial charge in [-0.2, -0.15) is 0 Å². The number of ketones is 1. The van der Waals surface area contributed by atoms with Crippen molar-refractivity contribution >= 4 is 50.2 Å². The zero-order valence-electron chi connectivity index (χ0n) is 35.1. The van der Waals surface area contributed by atoms with Gasteiger partial charge in [-0.3, -0.25) is 9.59 Å². The van der Waals surface area contributed by atoms with E-state index >= 15 is 0 Å². The zero-order valence-corrected chi connectivity index (χ0v) is 36.7. The molecule has 1 saturated heterocycles. The van der Waals surface area contributed by atoms with Gasteiger partial charge in [-0.15, -0.1) is 0 Å². The first-order valence-corrected chi connectivity index (χ1v) is 23.9. The molecule has 5 heterocycles. The van der Waals surface area contributed by atoms with Gasteiger partial charge < -0.3 is 50.5 Å². The fraction of sp³-hybridized carbons (Fsp3) is 0.522. The molecule has 1 aromatic heterocycles. The van der Waals surface area contributed by atoms with E-state index in [9.17, 15) is 34.5 Å². The molecule has 10 unspecified atom stereocenters. The monoisotopic (exact) mass is 886 g/mol. The maximum absolute atomic E-state index is 14.9. The number of dihydropyridines is 1. The van der Waals surface area contributed by atoms with Gasteiger partial charge in [0.05, 0.1) is 36.9 Å². The molecule has 4 aliphatic heterocycles. The van der Waals surface area contributed by atoms with Crippen LogP contribution in [0, 0.1) is 23.7 Å². The lowest BCUT2D eigenvalue weighted by Gasteiger charge is -2.62. The number of nitrogens with zero attached hydrogens (tertiary/aromatic N) is 1. The molecule has 10 atom stereocenters. The first-order valence-electron chi connectivity index (χ1n) is 21.5. The molecule has 7 N–H and O–H groups in total. The summed E-state index contributed by atoms with van der Waals surface area (Å²) in [5.74, 6) is -0.920. The van der Waals surface area contributed by atoms with Crippen LogP contribution in [0.2, 0.25) is 0 Å². The van der Waals surface area contributed by atoms with E-state index in [2.05, 4.69) is 10.6 Å². The molecule has 9 rings (SSSR count). The minimum atomic E-state index is -1.57. The Bertz CT molecular complexity index is 2430. The van der Waals surface area contributed by atoms with Crippen molar-refractivity contribution in [2.24, 2.45) is 29.4 Å². The van der Waals surface area contributed by atoms with E-state index in [0.717, 1.165) is 22.3 Å². The Morgan fingerprint density at radius 3 is 2.74 bits per heavy atom. The predicted octanol–water partition coefficient (Wildman–Crippen LogP) is 2.98. The molecule has 62 heavy (non-hydrogen) atoms. The largest absolute Gasteiger partial charge is 0.481 e. The van der Waals surface area contributed by atoms with Gasteiger partial charge in [-0.25, -0.2) is 9.59 Å². The van der Waals surface area contributed by atoms with Crippen LogP contribution in [0.15, 0.2) is 85.9 Å². The summed E-state index contributed by atoms with van der Waals surface area (Å²) < 4.78 is 19.9. The van der Waals surface area contributed by atoms with Crippen LogP contribution in [-0.2, 0) is 32.0 Å². The average Bonchev–Trinajstić information content (AvgIpc) is 3.61. The highest BCUT2D eigenvalue weighted by Crippen LogP contribution is 2.60. The van der Waals surface area contributed by atoms with Crippen molar-refractivity contribution < 1.29 is 43.6 Å². The summed E-state index contributed by atoms with van der Waals surface area (Å²) in [4.78, 5) is 57.8. The van der Waals surface area contributed by atoms with Crippen molar-refractivity contribution in [1.82, 2.24) is 15.5 Å². The first-order chi connectivity index (χ1) is 29.9. The second kappa shape index (κ2) is 16.7. The smallest absolute Gasteiger partial charge is 0.339 e. The number of aliphatic hydroxyl groups excluding tert-OH is 3. The first kappa shape index (κ1) is 43.0. The van der Waals surface area contributed by atoms with E-state index in [1.54, 1.807) is 59.7 Å². The summed E-state index contributed by atoms with van der Waals surface area (Å²) in [5, 5.41) is 38.1. The molecular weight excluding hydrogens is 833 g/mol. The molecule has 1 spiro atoms. The van der Waals surface area contributed by atoms with Crippen LogP contribution in [0.4, 0.5) is 0 Å². The number of esters is 1. The third-order valence-electron chi connectivity index (χ3n) is 14.5. The minimum absolute atomic E-state index is 0.0184. The molecule has 1 aromatic carbocycles. The number of ether oxygens (including phenoxy) is 2. The summed E-state index contributed by atoms with van der Waals surface area (Å²) in [6.07, 6.45) is 10.7. The van der Waals surface area contributed by atoms with Crippen molar-refractivity contribution in [3.8, 4) is 5.75 Å². The second-order valence-electron chi connectivity index (χ2n) is 17.7. The highest BCUT2D eigenvalue weighted by atomic mass is 33.1. The maximum Gasteiger partial charge on any atom is 0.339 e. The van der Waals surface area contributed by atoms with Gasteiger partial charge in [0.1, 0.15) is 11.3 Å². The highest BCUT2D eigenvalue weighted by Gasteiger charge is 2.68. The Kier molecular flexibility index (Phi) is 11.5. The van der Waals surface area contributed by atoms with Crippen molar-refractivity contribution in [3.63, 3.8) is 0 Å². The van der Waals surface area contributed by atoms with E-state index in [1.807, 2.05) is 36.2 Å². The summed E-state index contributed by atoms with van der Waals surface area (Å²) in [7, 11) is 5.24. The van der Waals surface area contributed by atoms with Crippen LogP contribution in [-0.4, -0.2) is 112 Å². The lowest BCUT2D eigenvalue weighted by Crippen LogP contribution is -2.75. The number of hydrogen-bond donors (Lipinski definition) is 6. The van der Waals surface area contributed by atoms with Crippen molar-refractivity contribution in [2.45, 2.75) is 86.9 Å². The fourth-order valence-electron chi connectivity index (χ4n) is 11.5. The third kappa shape index (κ3) is 6.78. The number of nitrogens with two attached hydrogens (primary N) is 1. The molecular formula is C46H54N4O10S2. The average molecular weight is 887 g/mol. The van der Waals surface area contributed by atoms with Crippen LogP contribution < -0.4 is 26.7 Å². The van der Waals surface area contributed by atoms with Crippen LogP contribution in [0.1, 0.15) is 50.7 Å². The van der Waals surface area contributed by atoms with E-state index in [0.29, 0.717) is 53.1 Å². The zero-order chi connectivity index (χ0) is 43.7. The molecule has 7 aliphatic rings. The normalized spacial score (nSPS) is 33.8.